The van der Waals surface area contributed by atoms with Crippen LogP contribution in [0.15, 0.2) is 223 Å². The van der Waals surface area contributed by atoms with E-state index in [2.05, 4.69) is 216 Å². The molecule has 0 aliphatic heterocycles. The van der Waals surface area contributed by atoms with Crippen LogP contribution in [0.4, 0.5) is 17.1 Å². The molecule has 0 aliphatic rings. The van der Waals surface area contributed by atoms with Crippen LogP contribution in [-0.4, -0.2) is 4.57 Å². The monoisotopic (exact) mass is 728 g/mol. The van der Waals surface area contributed by atoms with Crippen molar-refractivity contribution in [2.45, 2.75) is 0 Å². The highest BCUT2D eigenvalue weighted by molar-refractivity contribution is 6.09. The minimum Gasteiger partial charge on any atom is -0.456 e. The second kappa shape index (κ2) is 13.6. The Morgan fingerprint density at radius 2 is 0.789 bits per heavy atom. The van der Waals surface area contributed by atoms with Gasteiger partial charge in [-0.2, -0.15) is 0 Å². The zero-order valence-electron chi connectivity index (χ0n) is 31.1. The highest BCUT2D eigenvalue weighted by atomic mass is 16.3. The molecule has 0 fully saturated rings. The summed E-state index contributed by atoms with van der Waals surface area (Å²) in [4.78, 5) is 2.37. The quantitative estimate of drug-likeness (QED) is 0.163. The second-order valence-corrected chi connectivity index (χ2v) is 14.6. The molecule has 2 heterocycles. The summed E-state index contributed by atoms with van der Waals surface area (Å²) in [5, 5.41) is 4.80. The molecule has 9 aromatic carbocycles. The molecule has 0 spiro atoms. The van der Waals surface area contributed by atoms with E-state index in [1.165, 1.54) is 38.5 Å². The topological polar surface area (TPSA) is 21.3 Å². The van der Waals surface area contributed by atoms with Crippen molar-refractivity contribution in [3.63, 3.8) is 0 Å². The number of para-hydroxylation sites is 3. The standard InChI is InChI=1S/C54H36N2O/c1-2-12-37(13-3-1)41-14-10-15-44(34-41)55(45-16-11-17-46(36-45)56-51-21-7-4-18-47(51)48-19-5-8-22-52(48)56)43-31-28-39(29-32-43)38-24-26-40(27-25-38)42-30-33-50-49-20-6-9-23-53(49)57-54(50)35-42/h1-36H. The zero-order chi connectivity index (χ0) is 37.7. The molecule has 0 saturated carbocycles. The smallest absolute Gasteiger partial charge is 0.136 e. The van der Waals surface area contributed by atoms with Gasteiger partial charge in [-0.25, -0.2) is 0 Å². The third-order valence-corrected chi connectivity index (χ3v) is 11.2. The van der Waals surface area contributed by atoms with Gasteiger partial charge >= 0.3 is 0 Å². The average molecular weight is 729 g/mol. The fourth-order valence-electron chi connectivity index (χ4n) is 8.44. The molecule has 0 unspecified atom stereocenters. The lowest BCUT2D eigenvalue weighted by Crippen LogP contribution is -2.10. The molecule has 0 amide bonds. The number of furan rings is 1. The maximum atomic E-state index is 6.19. The third-order valence-electron chi connectivity index (χ3n) is 11.2. The summed E-state index contributed by atoms with van der Waals surface area (Å²) in [7, 11) is 0. The summed E-state index contributed by atoms with van der Waals surface area (Å²) in [6.07, 6.45) is 0. The molecule has 11 rings (SSSR count). The predicted molar refractivity (Wildman–Crippen MR) is 239 cm³/mol. The van der Waals surface area contributed by atoms with E-state index < -0.39 is 0 Å². The van der Waals surface area contributed by atoms with Gasteiger partial charge in [0.05, 0.1) is 11.0 Å². The van der Waals surface area contributed by atoms with E-state index in [-0.39, 0.29) is 0 Å². The van der Waals surface area contributed by atoms with Gasteiger partial charge in [0.2, 0.25) is 0 Å². The lowest BCUT2D eigenvalue weighted by Gasteiger charge is -2.27. The second-order valence-electron chi connectivity index (χ2n) is 14.6. The van der Waals surface area contributed by atoms with E-state index in [0.717, 1.165) is 61.4 Å². The molecule has 11 aromatic rings. The van der Waals surface area contributed by atoms with Gasteiger partial charge in [0.25, 0.3) is 0 Å². The normalized spacial score (nSPS) is 11.5. The van der Waals surface area contributed by atoms with Gasteiger partial charge in [0, 0.05) is 44.3 Å². The molecule has 0 bridgehead atoms. The zero-order valence-corrected chi connectivity index (χ0v) is 31.1. The number of benzene rings is 9. The Balaban J connectivity index is 0.974. The minimum atomic E-state index is 0.910. The van der Waals surface area contributed by atoms with Crippen LogP contribution in [0.3, 0.4) is 0 Å². The summed E-state index contributed by atoms with van der Waals surface area (Å²) < 4.78 is 8.57. The summed E-state index contributed by atoms with van der Waals surface area (Å²) in [5.41, 5.74) is 15.6. The molecule has 57 heavy (non-hydrogen) atoms. The number of fused-ring (bicyclic) bond motifs is 6. The number of nitrogens with zero attached hydrogens (tertiary/aromatic N) is 2. The van der Waals surface area contributed by atoms with E-state index in [1.54, 1.807) is 0 Å². The summed E-state index contributed by atoms with van der Waals surface area (Å²) in [6, 6.07) is 78.2. The molecule has 3 nitrogen and oxygen atoms in total. The van der Waals surface area contributed by atoms with Crippen molar-refractivity contribution in [1.82, 2.24) is 4.57 Å². The summed E-state index contributed by atoms with van der Waals surface area (Å²) >= 11 is 0. The van der Waals surface area contributed by atoms with Crippen molar-refractivity contribution >= 4 is 60.8 Å². The molecule has 0 atom stereocenters. The highest BCUT2D eigenvalue weighted by Crippen LogP contribution is 2.40. The Morgan fingerprint density at radius 1 is 0.298 bits per heavy atom. The molecule has 268 valence electrons. The van der Waals surface area contributed by atoms with Gasteiger partial charge in [-0.1, -0.05) is 146 Å². The number of rotatable bonds is 7. The molecule has 3 heteroatoms. The summed E-state index contributed by atoms with van der Waals surface area (Å²) in [5.74, 6) is 0. The molecule has 0 radical (unpaired) electrons. The van der Waals surface area contributed by atoms with Crippen molar-refractivity contribution in [2.24, 2.45) is 0 Å². The molecule has 0 aliphatic carbocycles. The van der Waals surface area contributed by atoms with Crippen molar-refractivity contribution < 1.29 is 4.42 Å². The lowest BCUT2D eigenvalue weighted by atomic mass is 9.99. The molecule has 0 N–H and O–H groups in total. The molecular weight excluding hydrogens is 693 g/mol. The van der Waals surface area contributed by atoms with Crippen LogP contribution in [0.5, 0.6) is 0 Å². The van der Waals surface area contributed by atoms with Gasteiger partial charge in [-0.05, 0) is 106 Å². The minimum absolute atomic E-state index is 0.910. The predicted octanol–water partition coefficient (Wildman–Crippen LogP) is 15.2. The first-order valence-electron chi connectivity index (χ1n) is 19.4. The van der Waals surface area contributed by atoms with Gasteiger partial charge < -0.3 is 13.9 Å². The van der Waals surface area contributed by atoms with E-state index >= 15 is 0 Å². The molecule has 0 saturated heterocycles. The fraction of sp³-hybridized carbons (Fsp3) is 0. The fourth-order valence-corrected chi connectivity index (χ4v) is 8.44. The third kappa shape index (κ3) is 5.76. The Labute approximate surface area is 330 Å². The Morgan fingerprint density at radius 3 is 1.51 bits per heavy atom. The molecular formula is C54H36N2O. The number of aromatic nitrogens is 1. The van der Waals surface area contributed by atoms with Crippen LogP contribution in [0.25, 0.3) is 82.8 Å². The van der Waals surface area contributed by atoms with Crippen LogP contribution < -0.4 is 4.90 Å². The van der Waals surface area contributed by atoms with E-state index in [0.29, 0.717) is 0 Å². The van der Waals surface area contributed by atoms with E-state index in [1.807, 2.05) is 12.1 Å². The van der Waals surface area contributed by atoms with Gasteiger partial charge in [-0.15, -0.1) is 0 Å². The van der Waals surface area contributed by atoms with Crippen molar-refractivity contribution in [3.05, 3.63) is 218 Å². The van der Waals surface area contributed by atoms with Gasteiger partial charge in [0.15, 0.2) is 0 Å². The number of hydrogen-bond acceptors (Lipinski definition) is 2. The number of hydrogen-bond donors (Lipinski definition) is 0. The van der Waals surface area contributed by atoms with Crippen molar-refractivity contribution in [1.29, 1.82) is 0 Å². The highest BCUT2D eigenvalue weighted by Gasteiger charge is 2.17. The van der Waals surface area contributed by atoms with Crippen molar-refractivity contribution in [2.75, 3.05) is 4.90 Å². The Bertz CT molecular complexity index is 3170. The van der Waals surface area contributed by atoms with Crippen LogP contribution in [0.2, 0.25) is 0 Å². The van der Waals surface area contributed by atoms with Gasteiger partial charge in [-0.3, -0.25) is 0 Å². The van der Waals surface area contributed by atoms with Crippen LogP contribution >= 0.6 is 0 Å². The number of anilines is 3. The first-order chi connectivity index (χ1) is 28.2. The largest absolute Gasteiger partial charge is 0.456 e. The van der Waals surface area contributed by atoms with Crippen LogP contribution in [0.1, 0.15) is 0 Å². The first kappa shape index (κ1) is 32.8. The van der Waals surface area contributed by atoms with Gasteiger partial charge in [0.1, 0.15) is 11.2 Å². The van der Waals surface area contributed by atoms with Crippen molar-refractivity contribution in [3.8, 4) is 39.1 Å². The Hall–Kier alpha value is -7.62. The Kier molecular flexibility index (Phi) is 7.82. The lowest BCUT2D eigenvalue weighted by molar-refractivity contribution is 0.669. The van der Waals surface area contributed by atoms with E-state index in [9.17, 15) is 0 Å². The first-order valence-corrected chi connectivity index (χ1v) is 19.4. The molecule has 2 aromatic heterocycles. The van der Waals surface area contributed by atoms with Crippen LogP contribution in [0, 0.1) is 0 Å². The maximum Gasteiger partial charge on any atom is 0.136 e. The maximum absolute atomic E-state index is 6.19. The van der Waals surface area contributed by atoms with Crippen LogP contribution in [-0.2, 0) is 0 Å². The van der Waals surface area contributed by atoms with E-state index in [4.69, 9.17) is 4.42 Å². The summed E-state index contributed by atoms with van der Waals surface area (Å²) in [6.45, 7) is 0. The SMILES string of the molecule is c1ccc(-c2cccc(N(c3ccc(-c4ccc(-c5ccc6c(c5)oc5ccccc56)cc4)cc3)c3cccc(-n4c5ccccc5c5ccccc54)c3)c2)cc1. The average Bonchev–Trinajstić information content (AvgIpc) is 3.83.